The third-order valence-electron chi connectivity index (χ3n) is 4.49. The van der Waals surface area contributed by atoms with Gasteiger partial charge in [0.1, 0.15) is 6.04 Å². The Hall–Kier alpha value is -2.57. The quantitative estimate of drug-likeness (QED) is 0.674. The normalized spacial score (nSPS) is 11.7. The van der Waals surface area contributed by atoms with E-state index < -0.39 is 11.9 Å². The van der Waals surface area contributed by atoms with Crippen LogP contribution in [-0.2, 0) is 11.3 Å². The maximum Gasteiger partial charge on any atom is 0.253 e. The second kappa shape index (κ2) is 10.5. The van der Waals surface area contributed by atoms with Gasteiger partial charge in [0.2, 0.25) is 5.91 Å². The van der Waals surface area contributed by atoms with Crippen molar-refractivity contribution in [2.24, 2.45) is 5.92 Å². The van der Waals surface area contributed by atoms with E-state index in [4.69, 9.17) is 23.2 Å². The number of hydrogen-bond donors (Lipinski definition) is 2. The number of nitrogens with one attached hydrogen (secondary N) is 2. The Kier molecular flexibility index (Phi) is 8.26. The number of benzene rings is 2. The van der Waals surface area contributed by atoms with E-state index in [0.29, 0.717) is 10.6 Å². The molecule has 0 saturated heterocycles. The minimum absolute atomic E-state index is 0.0889. The Balaban J connectivity index is 2.02. The Morgan fingerprint density at radius 2 is 1.63 bits per heavy atom. The van der Waals surface area contributed by atoms with Crippen LogP contribution in [0.4, 0.5) is 0 Å². The zero-order valence-electron chi connectivity index (χ0n) is 17.3. The molecular weight excluding hydrogens is 425 g/mol. The highest BCUT2D eigenvalue weighted by Gasteiger charge is 2.25. The fourth-order valence-corrected chi connectivity index (χ4v) is 3.24. The molecule has 0 radical (unpaired) electrons. The third-order valence-corrected chi connectivity index (χ3v) is 5.03. The van der Waals surface area contributed by atoms with Crippen LogP contribution in [0.5, 0.6) is 0 Å². The van der Waals surface area contributed by atoms with Gasteiger partial charge in [-0.2, -0.15) is 0 Å². The molecule has 0 spiro atoms. The Labute approximate surface area is 186 Å². The fourth-order valence-electron chi connectivity index (χ4n) is 2.75. The molecule has 3 amide bonds. The first-order valence-electron chi connectivity index (χ1n) is 9.44. The zero-order chi connectivity index (χ0) is 22.4. The van der Waals surface area contributed by atoms with Crippen molar-refractivity contribution < 1.29 is 14.4 Å². The van der Waals surface area contributed by atoms with E-state index in [2.05, 4.69) is 10.6 Å². The number of halogens is 2. The number of carbonyl (C=O) groups excluding carboxylic acids is 3. The van der Waals surface area contributed by atoms with Crippen molar-refractivity contribution >= 4 is 40.9 Å². The highest BCUT2D eigenvalue weighted by atomic mass is 35.5. The van der Waals surface area contributed by atoms with Gasteiger partial charge in [-0.05, 0) is 41.8 Å². The van der Waals surface area contributed by atoms with Crippen LogP contribution in [0, 0.1) is 5.92 Å². The van der Waals surface area contributed by atoms with Crippen LogP contribution in [0.3, 0.4) is 0 Å². The van der Waals surface area contributed by atoms with Gasteiger partial charge in [-0.1, -0.05) is 49.2 Å². The minimum atomic E-state index is -0.737. The van der Waals surface area contributed by atoms with Crippen LogP contribution in [0.1, 0.15) is 40.1 Å². The highest BCUT2D eigenvalue weighted by Crippen LogP contribution is 2.21. The van der Waals surface area contributed by atoms with Gasteiger partial charge < -0.3 is 15.5 Å². The van der Waals surface area contributed by atoms with Crippen molar-refractivity contribution in [3.05, 3.63) is 69.2 Å². The van der Waals surface area contributed by atoms with Crippen molar-refractivity contribution in [3.8, 4) is 0 Å². The molecule has 1 atom stereocenters. The monoisotopic (exact) mass is 449 g/mol. The average Bonchev–Trinajstić information content (AvgIpc) is 2.69. The van der Waals surface area contributed by atoms with Crippen molar-refractivity contribution in [3.63, 3.8) is 0 Å². The summed E-state index contributed by atoms with van der Waals surface area (Å²) in [4.78, 5) is 38.7. The Morgan fingerprint density at radius 1 is 1.00 bits per heavy atom. The van der Waals surface area contributed by atoms with Crippen LogP contribution in [0.25, 0.3) is 0 Å². The van der Waals surface area contributed by atoms with Crippen molar-refractivity contribution in [1.29, 1.82) is 0 Å². The second-order valence-electron chi connectivity index (χ2n) is 7.43. The second-order valence-corrected chi connectivity index (χ2v) is 8.28. The highest BCUT2D eigenvalue weighted by molar-refractivity contribution is 6.36. The summed E-state index contributed by atoms with van der Waals surface area (Å²) in [5.41, 5.74) is 1.66. The van der Waals surface area contributed by atoms with Crippen molar-refractivity contribution in [2.75, 3.05) is 14.1 Å². The van der Waals surface area contributed by atoms with Gasteiger partial charge in [0, 0.05) is 31.2 Å². The molecule has 0 saturated carbocycles. The average molecular weight is 450 g/mol. The van der Waals surface area contributed by atoms with Gasteiger partial charge in [0.05, 0.1) is 10.6 Å². The van der Waals surface area contributed by atoms with E-state index in [0.717, 1.165) is 5.56 Å². The molecule has 2 N–H and O–H groups in total. The van der Waals surface area contributed by atoms with Gasteiger partial charge in [-0.3, -0.25) is 14.4 Å². The van der Waals surface area contributed by atoms with E-state index in [1.54, 1.807) is 44.4 Å². The molecule has 2 rings (SSSR count). The van der Waals surface area contributed by atoms with Crippen LogP contribution in [-0.4, -0.2) is 42.8 Å². The lowest BCUT2D eigenvalue weighted by Gasteiger charge is -2.22. The molecule has 0 aliphatic carbocycles. The third kappa shape index (κ3) is 6.21. The predicted molar refractivity (Wildman–Crippen MR) is 119 cm³/mol. The molecule has 0 fully saturated rings. The molecule has 0 aromatic heterocycles. The Morgan fingerprint density at radius 3 is 2.17 bits per heavy atom. The lowest BCUT2D eigenvalue weighted by atomic mass is 10.0. The van der Waals surface area contributed by atoms with Gasteiger partial charge in [0.15, 0.2) is 0 Å². The van der Waals surface area contributed by atoms with Crippen LogP contribution < -0.4 is 10.6 Å². The van der Waals surface area contributed by atoms with E-state index in [1.165, 1.54) is 17.0 Å². The first-order chi connectivity index (χ1) is 14.1. The zero-order valence-corrected chi connectivity index (χ0v) is 18.8. The maximum absolute atomic E-state index is 12.7. The maximum atomic E-state index is 12.7. The van der Waals surface area contributed by atoms with E-state index in [-0.39, 0.29) is 34.9 Å². The van der Waals surface area contributed by atoms with Gasteiger partial charge in [0.25, 0.3) is 11.8 Å². The fraction of sp³-hybridized carbons (Fsp3) is 0.318. The van der Waals surface area contributed by atoms with E-state index >= 15 is 0 Å². The molecule has 6 nitrogen and oxygen atoms in total. The summed E-state index contributed by atoms with van der Waals surface area (Å²) in [6.45, 7) is 3.96. The summed E-state index contributed by atoms with van der Waals surface area (Å²) in [7, 11) is 3.38. The molecule has 0 aliphatic heterocycles. The first kappa shape index (κ1) is 23.7. The molecule has 1 unspecified atom stereocenters. The largest absolute Gasteiger partial charge is 0.350 e. The molecular formula is C22H25Cl2N3O3. The summed E-state index contributed by atoms with van der Waals surface area (Å²) in [5.74, 6) is -0.983. The topological polar surface area (TPSA) is 78.5 Å². The summed E-state index contributed by atoms with van der Waals surface area (Å²) >= 11 is 12.0. The molecule has 2 aromatic rings. The molecule has 2 aromatic carbocycles. The number of carbonyl (C=O) groups is 3. The van der Waals surface area contributed by atoms with Crippen LogP contribution >= 0.6 is 23.2 Å². The first-order valence-corrected chi connectivity index (χ1v) is 10.2. The molecule has 0 heterocycles. The SMILES string of the molecule is CC(C)C(NC(=O)c1ccc(Cl)cc1Cl)C(=O)NCc1ccc(C(=O)N(C)C)cc1. The van der Waals surface area contributed by atoms with Crippen LogP contribution in [0.15, 0.2) is 42.5 Å². The van der Waals surface area contributed by atoms with Gasteiger partial charge >= 0.3 is 0 Å². The minimum Gasteiger partial charge on any atom is -0.350 e. The molecule has 0 bridgehead atoms. The number of rotatable bonds is 7. The van der Waals surface area contributed by atoms with Crippen molar-refractivity contribution in [1.82, 2.24) is 15.5 Å². The standard InChI is InChI=1S/C22H25Cl2N3O3/c1-13(2)19(26-20(28)17-10-9-16(23)11-18(17)24)21(29)25-12-14-5-7-15(8-6-14)22(30)27(3)4/h5-11,13,19H,12H2,1-4H3,(H,25,29)(H,26,28). The number of hydrogen-bond acceptors (Lipinski definition) is 3. The molecule has 0 aliphatic rings. The molecule has 8 heteroatoms. The number of amides is 3. The smallest absolute Gasteiger partial charge is 0.253 e. The molecule has 30 heavy (non-hydrogen) atoms. The summed E-state index contributed by atoms with van der Waals surface area (Å²) in [6, 6.07) is 10.8. The molecule has 160 valence electrons. The predicted octanol–water partition coefficient (Wildman–Crippen LogP) is 3.77. The van der Waals surface area contributed by atoms with E-state index in [1.807, 2.05) is 13.8 Å². The lowest BCUT2D eigenvalue weighted by Crippen LogP contribution is -2.49. The summed E-state index contributed by atoms with van der Waals surface area (Å²) in [5, 5.41) is 6.21. The van der Waals surface area contributed by atoms with Gasteiger partial charge in [-0.25, -0.2) is 0 Å². The van der Waals surface area contributed by atoms with Crippen molar-refractivity contribution in [2.45, 2.75) is 26.4 Å². The van der Waals surface area contributed by atoms with Crippen LogP contribution in [0.2, 0.25) is 10.0 Å². The summed E-state index contributed by atoms with van der Waals surface area (Å²) < 4.78 is 0. The van der Waals surface area contributed by atoms with Gasteiger partial charge in [-0.15, -0.1) is 0 Å². The van der Waals surface area contributed by atoms with E-state index in [9.17, 15) is 14.4 Å². The number of nitrogens with zero attached hydrogens (tertiary/aromatic N) is 1. The Bertz CT molecular complexity index is 928. The summed E-state index contributed by atoms with van der Waals surface area (Å²) in [6.07, 6.45) is 0. The lowest BCUT2D eigenvalue weighted by molar-refractivity contribution is -0.124.